The fraction of sp³-hybridized carbons (Fsp3) is 0.833. The molecule has 3 aliphatic rings. The van der Waals surface area contributed by atoms with Gasteiger partial charge < -0.3 is 14.8 Å². The van der Waals surface area contributed by atoms with Crippen molar-refractivity contribution in [1.29, 1.82) is 0 Å². The summed E-state index contributed by atoms with van der Waals surface area (Å²) in [6.45, 7) is 7.35. The molecule has 1 atom stereocenters. The van der Waals surface area contributed by atoms with Gasteiger partial charge in [0.1, 0.15) is 11.6 Å². The molecule has 1 aromatic rings. The Hall–Kier alpha value is -1.47. The highest BCUT2D eigenvalue weighted by molar-refractivity contribution is 5.78. The summed E-state index contributed by atoms with van der Waals surface area (Å²) in [7, 11) is 0. The number of piperidine rings is 2. The number of amides is 1. The summed E-state index contributed by atoms with van der Waals surface area (Å²) in [6, 6.07) is 0. The number of likely N-dealkylation sites (tertiary alicyclic amines) is 2. The Morgan fingerprint density at radius 3 is 2.80 bits per heavy atom. The first-order chi connectivity index (χ1) is 12.3. The molecule has 0 unspecified atom stereocenters. The maximum absolute atomic E-state index is 12.6. The highest BCUT2D eigenvalue weighted by Gasteiger charge is 2.29. The van der Waals surface area contributed by atoms with E-state index in [4.69, 9.17) is 0 Å². The van der Waals surface area contributed by atoms with Gasteiger partial charge in [0.2, 0.25) is 5.91 Å². The van der Waals surface area contributed by atoms with Crippen LogP contribution in [0.15, 0.2) is 0 Å². The van der Waals surface area contributed by atoms with Crippen LogP contribution < -0.4 is 5.32 Å². The van der Waals surface area contributed by atoms with E-state index in [0.29, 0.717) is 18.4 Å². The van der Waals surface area contributed by atoms with Crippen LogP contribution in [-0.2, 0) is 17.8 Å². The highest BCUT2D eigenvalue weighted by Crippen LogP contribution is 2.26. The Labute approximate surface area is 149 Å². The first kappa shape index (κ1) is 17.0. The summed E-state index contributed by atoms with van der Waals surface area (Å²) in [5.74, 6) is 2.96. The third-order valence-electron chi connectivity index (χ3n) is 5.83. The molecule has 0 radical (unpaired) electrons. The maximum atomic E-state index is 12.6. The molecule has 0 saturated carbocycles. The van der Waals surface area contributed by atoms with Crippen LogP contribution in [0.1, 0.15) is 49.7 Å². The van der Waals surface area contributed by atoms with Crippen LogP contribution in [0.25, 0.3) is 0 Å². The van der Waals surface area contributed by atoms with Gasteiger partial charge in [-0.3, -0.25) is 9.69 Å². The lowest BCUT2D eigenvalue weighted by Crippen LogP contribution is -2.45. The summed E-state index contributed by atoms with van der Waals surface area (Å²) in [5.41, 5.74) is 0. The predicted octanol–water partition coefficient (Wildman–Crippen LogP) is 0.616. The third kappa shape index (κ3) is 3.87. The molecular formula is C18H30N6O. The van der Waals surface area contributed by atoms with Crippen molar-refractivity contribution in [3.8, 4) is 0 Å². The van der Waals surface area contributed by atoms with Crippen molar-refractivity contribution >= 4 is 5.91 Å². The minimum Gasteiger partial charge on any atom is -0.342 e. The van der Waals surface area contributed by atoms with Crippen molar-refractivity contribution in [2.24, 2.45) is 0 Å². The van der Waals surface area contributed by atoms with Gasteiger partial charge in [0.05, 0.1) is 6.54 Å². The summed E-state index contributed by atoms with van der Waals surface area (Å²) < 4.78 is 2.32. The summed E-state index contributed by atoms with van der Waals surface area (Å²) >= 11 is 0. The topological polar surface area (TPSA) is 66.3 Å². The van der Waals surface area contributed by atoms with E-state index in [-0.39, 0.29) is 0 Å². The molecule has 3 aliphatic heterocycles. The molecule has 2 fully saturated rings. The van der Waals surface area contributed by atoms with Crippen LogP contribution in [0.4, 0.5) is 0 Å². The second-order valence-electron chi connectivity index (χ2n) is 7.64. The monoisotopic (exact) mass is 346 g/mol. The van der Waals surface area contributed by atoms with Crippen molar-refractivity contribution in [3.63, 3.8) is 0 Å². The first-order valence-electron chi connectivity index (χ1n) is 9.94. The van der Waals surface area contributed by atoms with Gasteiger partial charge in [-0.2, -0.15) is 0 Å². The van der Waals surface area contributed by atoms with Gasteiger partial charge in [0.15, 0.2) is 0 Å². The Balaban J connectivity index is 1.39. The van der Waals surface area contributed by atoms with Crippen molar-refractivity contribution in [1.82, 2.24) is 29.9 Å². The van der Waals surface area contributed by atoms with Gasteiger partial charge in [-0.1, -0.05) is 0 Å². The number of hydrogen-bond acceptors (Lipinski definition) is 5. The standard InChI is InChI=1S/C18H30N6O/c25-17(23-10-2-1-3-11-23)14-22-9-4-5-15(13-22)18-21-20-16-6-7-19-8-12-24(16)18/h15,19H,1-14H2/t15-/m1/s1. The molecule has 7 nitrogen and oxygen atoms in total. The minimum absolute atomic E-state index is 0.310. The van der Waals surface area contributed by atoms with Gasteiger partial charge in [0.25, 0.3) is 0 Å². The molecule has 1 aromatic heterocycles. The van der Waals surface area contributed by atoms with Gasteiger partial charge in [-0.15, -0.1) is 10.2 Å². The molecule has 1 amide bonds. The van der Waals surface area contributed by atoms with Gasteiger partial charge >= 0.3 is 0 Å². The van der Waals surface area contributed by atoms with E-state index in [1.807, 2.05) is 0 Å². The van der Waals surface area contributed by atoms with E-state index >= 15 is 0 Å². The Kier molecular flexibility index (Phi) is 5.31. The van der Waals surface area contributed by atoms with Crippen LogP contribution in [-0.4, -0.2) is 76.3 Å². The molecule has 25 heavy (non-hydrogen) atoms. The molecule has 0 spiro atoms. The van der Waals surface area contributed by atoms with Gasteiger partial charge in [-0.05, 0) is 38.6 Å². The third-order valence-corrected chi connectivity index (χ3v) is 5.83. The number of rotatable bonds is 3. The Morgan fingerprint density at radius 1 is 1.04 bits per heavy atom. The smallest absolute Gasteiger partial charge is 0.236 e. The summed E-state index contributed by atoms with van der Waals surface area (Å²) in [6.07, 6.45) is 6.83. The number of carbonyl (C=O) groups is 1. The SMILES string of the molecule is O=C(CN1CCC[C@@H](c2nnc3n2CCNCC3)C1)N1CCCCC1. The molecular weight excluding hydrogens is 316 g/mol. The zero-order chi connectivity index (χ0) is 17.1. The molecule has 2 saturated heterocycles. The number of aromatic nitrogens is 3. The predicted molar refractivity (Wildman–Crippen MR) is 95.4 cm³/mol. The number of fused-ring (bicyclic) bond motifs is 1. The molecule has 138 valence electrons. The number of nitrogens with one attached hydrogen (secondary N) is 1. The van der Waals surface area contributed by atoms with Gasteiger partial charge in [0, 0.05) is 51.6 Å². The highest BCUT2D eigenvalue weighted by atomic mass is 16.2. The van der Waals surface area contributed by atoms with E-state index in [1.54, 1.807) is 0 Å². The van der Waals surface area contributed by atoms with E-state index in [2.05, 4.69) is 29.9 Å². The van der Waals surface area contributed by atoms with Crippen LogP contribution >= 0.6 is 0 Å². The van der Waals surface area contributed by atoms with Crippen LogP contribution in [0.3, 0.4) is 0 Å². The molecule has 4 rings (SSSR count). The zero-order valence-corrected chi connectivity index (χ0v) is 15.1. The van der Waals surface area contributed by atoms with Crippen LogP contribution in [0.5, 0.6) is 0 Å². The second kappa shape index (κ2) is 7.83. The fourth-order valence-electron chi connectivity index (χ4n) is 4.44. The number of carbonyl (C=O) groups excluding carboxylic acids is 1. The molecule has 0 aromatic carbocycles. The lowest BCUT2D eigenvalue weighted by Gasteiger charge is -2.34. The maximum Gasteiger partial charge on any atom is 0.236 e. The van der Waals surface area contributed by atoms with E-state index in [1.165, 1.54) is 6.42 Å². The Morgan fingerprint density at radius 2 is 1.92 bits per heavy atom. The van der Waals surface area contributed by atoms with Crippen molar-refractivity contribution in [2.45, 2.75) is 51.0 Å². The average Bonchev–Trinajstić information content (AvgIpc) is 2.91. The zero-order valence-electron chi connectivity index (χ0n) is 15.1. The Bertz CT molecular complexity index is 594. The molecule has 1 N–H and O–H groups in total. The van der Waals surface area contributed by atoms with Crippen molar-refractivity contribution in [2.75, 3.05) is 45.8 Å². The minimum atomic E-state index is 0.310. The summed E-state index contributed by atoms with van der Waals surface area (Å²) in [4.78, 5) is 17.0. The van der Waals surface area contributed by atoms with Crippen molar-refractivity contribution < 1.29 is 4.79 Å². The van der Waals surface area contributed by atoms with E-state index < -0.39 is 0 Å². The van der Waals surface area contributed by atoms with Crippen molar-refractivity contribution in [3.05, 3.63) is 11.6 Å². The second-order valence-corrected chi connectivity index (χ2v) is 7.64. The fourth-order valence-corrected chi connectivity index (χ4v) is 4.44. The molecule has 7 heteroatoms. The largest absolute Gasteiger partial charge is 0.342 e. The van der Waals surface area contributed by atoms with Gasteiger partial charge in [-0.25, -0.2) is 0 Å². The van der Waals surface area contributed by atoms with E-state index in [9.17, 15) is 4.79 Å². The summed E-state index contributed by atoms with van der Waals surface area (Å²) in [5, 5.41) is 12.4. The lowest BCUT2D eigenvalue weighted by molar-refractivity contribution is -0.133. The first-order valence-corrected chi connectivity index (χ1v) is 9.94. The molecule has 0 bridgehead atoms. The normalized spacial score (nSPS) is 25.4. The lowest BCUT2D eigenvalue weighted by atomic mass is 9.97. The molecule has 4 heterocycles. The average molecular weight is 346 g/mol. The quantitative estimate of drug-likeness (QED) is 0.869. The number of nitrogens with zero attached hydrogens (tertiary/aromatic N) is 5. The van der Waals surface area contributed by atoms with Crippen LogP contribution in [0.2, 0.25) is 0 Å². The molecule has 0 aliphatic carbocycles. The number of hydrogen-bond donors (Lipinski definition) is 1. The van der Waals surface area contributed by atoms with E-state index in [0.717, 1.165) is 89.6 Å². The van der Waals surface area contributed by atoms with Crippen LogP contribution in [0, 0.1) is 0 Å².